The lowest BCUT2D eigenvalue weighted by atomic mass is 9.96. The second-order valence-corrected chi connectivity index (χ2v) is 8.73. The van der Waals surface area contributed by atoms with Crippen molar-refractivity contribution in [2.45, 2.75) is 19.9 Å². The molecule has 0 spiro atoms. The number of ether oxygens (including phenoxy) is 2. The van der Waals surface area contributed by atoms with Gasteiger partial charge in [-0.3, -0.25) is 9.36 Å². The number of hydrogen-bond donors (Lipinski definition) is 1. The van der Waals surface area contributed by atoms with Gasteiger partial charge in [0.15, 0.2) is 16.3 Å². The van der Waals surface area contributed by atoms with E-state index in [1.54, 1.807) is 56.3 Å². The Bertz CT molecular complexity index is 1440. The third kappa shape index (κ3) is 4.31. The van der Waals surface area contributed by atoms with E-state index in [0.29, 0.717) is 42.5 Å². The van der Waals surface area contributed by atoms with Gasteiger partial charge in [0.1, 0.15) is 0 Å². The van der Waals surface area contributed by atoms with Crippen LogP contribution in [0.25, 0.3) is 6.08 Å². The normalized spacial score (nSPS) is 15.8. The predicted molar refractivity (Wildman–Crippen MR) is 127 cm³/mol. The van der Waals surface area contributed by atoms with Crippen LogP contribution in [0, 0.1) is 0 Å². The Labute approximate surface area is 198 Å². The number of fused-ring (bicyclic) bond motifs is 1. The van der Waals surface area contributed by atoms with Crippen LogP contribution in [-0.4, -0.2) is 29.4 Å². The molecule has 0 amide bonds. The molecule has 170 valence electrons. The molecule has 0 radical (unpaired) electrons. The smallest absolute Gasteiger partial charge is 0.338 e. The average Bonchev–Trinajstić information content (AvgIpc) is 3.08. The lowest BCUT2D eigenvalue weighted by molar-refractivity contribution is -0.139. The number of hydrogen-bond acceptors (Lipinski definition) is 7. The van der Waals surface area contributed by atoms with Crippen LogP contribution in [0.3, 0.4) is 0 Å². The summed E-state index contributed by atoms with van der Waals surface area (Å²) >= 11 is 7.27. The molecule has 0 saturated carbocycles. The van der Waals surface area contributed by atoms with E-state index in [4.69, 9.17) is 21.1 Å². The number of thiazole rings is 1. The van der Waals surface area contributed by atoms with Crippen molar-refractivity contribution in [2.75, 3.05) is 13.7 Å². The fourth-order valence-electron chi connectivity index (χ4n) is 3.70. The summed E-state index contributed by atoms with van der Waals surface area (Å²) in [5, 5.41) is 10.6. The van der Waals surface area contributed by atoms with Crippen molar-refractivity contribution < 1.29 is 19.4 Å². The molecule has 0 saturated heterocycles. The molecular weight excluding hydrogens is 464 g/mol. The summed E-state index contributed by atoms with van der Waals surface area (Å²) < 4.78 is 12.3. The van der Waals surface area contributed by atoms with Crippen molar-refractivity contribution in [2.24, 2.45) is 4.99 Å². The number of aromatic hydroxyl groups is 1. The number of allylic oxidation sites excluding steroid dienone is 1. The van der Waals surface area contributed by atoms with Gasteiger partial charge in [-0.15, -0.1) is 0 Å². The minimum atomic E-state index is -0.705. The van der Waals surface area contributed by atoms with Gasteiger partial charge in [-0.1, -0.05) is 41.1 Å². The van der Waals surface area contributed by atoms with E-state index in [-0.39, 0.29) is 17.9 Å². The number of phenolic OH excluding ortho intramolecular Hbond substituents is 1. The minimum absolute atomic E-state index is 0.0292. The topological polar surface area (TPSA) is 90.1 Å². The van der Waals surface area contributed by atoms with Gasteiger partial charge in [-0.05, 0) is 55.3 Å². The highest BCUT2D eigenvalue weighted by Gasteiger charge is 2.33. The fourth-order valence-corrected chi connectivity index (χ4v) is 4.87. The SMILES string of the molecule is CCOC(=O)C1=C(C)N=c2s/c(=C\c3ccc(OC)c(O)c3)c(=O)n2[C@@H]1c1ccc(Cl)cc1. The summed E-state index contributed by atoms with van der Waals surface area (Å²) in [5.41, 5.74) is 1.83. The van der Waals surface area contributed by atoms with Gasteiger partial charge in [0, 0.05) is 5.02 Å². The number of carbonyl (C=O) groups excluding carboxylic acids is 1. The number of methoxy groups -OCH3 is 1. The Morgan fingerprint density at radius 2 is 2.00 bits per heavy atom. The van der Waals surface area contributed by atoms with Crippen LogP contribution in [0.5, 0.6) is 11.5 Å². The molecule has 0 unspecified atom stereocenters. The monoisotopic (exact) mass is 484 g/mol. The molecule has 33 heavy (non-hydrogen) atoms. The van der Waals surface area contributed by atoms with E-state index < -0.39 is 12.0 Å². The number of aromatic nitrogens is 1. The molecule has 0 bridgehead atoms. The number of benzene rings is 2. The van der Waals surface area contributed by atoms with Gasteiger partial charge >= 0.3 is 5.97 Å². The Kier molecular flexibility index (Phi) is 6.40. The molecule has 1 N–H and O–H groups in total. The number of carbonyl (C=O) groups is 1. The Hall–Kier alpha value is -3.36. The van der Waals surface area contributed by atoms with Crippen LogP contribution in [0.15, 0.2) is 63.5 Å². The quantitative estimate of drug-likeness (QED) is 0.562. The summed E-state index contributed by atoms with van der Waals surface area (Å²) in [7, 11) is 1.47. The highest BCUT2D eigenvalue weighted by atomic mass is 35.5. The summed E-state index contributed by atoms with van der Waals surface area (Å²) in [6, 6.07) is 11.2. The molecule has 2 heterocycles. The number of halogens is 1. The highest BCUT2D eigenvalue weighted by Crippen LogP contribution is 2.31. The molecule has 2 aromatic carbocycles. The highest BCUT2D eigenvalue weighted by molar-refractivity contribution is 7.07. The maximum Gasteiger partial charge on any atom is 0.338 e. The first-order chi connectivity index (χ1) is 15.8. The zero-order valence-electron chi connectivity index (χ0n) is 18.2. The van der Waals surface area contributed by atoms with Gasteiger partial charge in [-0.25, -0.2) is 9.79 Å². The van der Waals surface area contributed by atoms with Crippen molar-refractivity contribution in [3.05, 3.63) is 89.6 Å². The van der Waals surface area contributed by atoms with Crippen molar-refractivity contribution in [1.29, 1.82) is 0 Å². The summed E-state index contributed by atoms with van der Waals surface area (Å²) in [6.07, 6.45) is 1.67. The van der Waals surface area contributed by atoms with E-state index in [9.17, 15) is 14.7 Å². The van der Waals surface area contributed by atoms with Gasteiger partial charge in [-0.2, -0.15) is 0 Å². The van der Waals surface area contributed by atoms with Crippen LogP contribution >= 0.6 is 22.9 Å². The molecule has 3 aromatic rings. The second-order valence-electron chi connectivity index (χ2n) is 7.29. The molecule has 9 heteroatoms. The van der Waals surface area contributed by atoms with E-state index in [2.05, 4.69) is 4.99 Å². The molecule has 0 aliphatic carbocycles. The number of nitrogens with zero attached hydrogens (tertiary/aromatic N) is 2. The fraction of sp³-hybridized carbons (Fsp3) is 0.208. The molecule has 7 nitrogen and oxygen atoms in total. The largest absolute Gasteiger partial charge is 0.504 e. The van der Waals surface area contributed by atoms with E-state index in [1.165, 1.54) is 29.1 Å². The molecule has 0 fully saturated rings. The van der Waals surface area contributed by atoms with E-state index in [0.717, 1.165) is 0 Å². The Morgan fingerprint density at radius 1 is 1.27 bits per heavy atom. The zero-order chi connectivity index (χ0) is 23.7. The Balaban J connectivity index is 1.93. The summed E-state index contributed by atoms with van der Waals surface area (Å²) in [5.74, 6) is -0.211. The van der Waals surface area contributed by atoms with Gasteiger partial charge in [0.2, 0.25) is 0 Å². The Morgan fingerprint density at radius 3 is 2.64 bits per heavy atom. The molecule has 4 rings (SSSR count). The average molecular weight is 485 g/mol. The first kappa shape index (κ1) is 22.8. The van der Waals surface area contributed by atoms with Gasteiger partial charge < -0.3 is 14.6 Å². The molecule has 1 atom stereocenters. The first-order valence-electron chi connectivity index (χ1n) is 10.2. The zero-order valence-corrected chi connectivity index (χ0v) is 19.7. The van der Waals surface area contributed by atoms with Crippen LogP contribution in [0.1, 0.15) is 31.0 Å². The van der Waals surface area contributed by atoms with Gasteiger partial charge in [0.25, 0.3) is 5.56 Å². The molecule has 1 aliphatic heterocycles. The van der Waals surface area contributed by atoms with E-state index in [1.807, 2.05) is 0 Å². The first-order valence-corrected chi connectivity index (χ1v) is 11.4. The third-order valence-electron chi connectivity index (χ3n) is 5.20. The van der Waals surface area contributed by atoms with Crippen LogP contribution in [0.2, 0.25) is 5.02 Å². The molecule has 1 aromatic heterocycles. The van der Waals surface area contributed by atoms with Crippen molar-refractivity contribution in [1.82, 2.24) is 4.57 Å². The summed E-state index contributed by atoms with van der Waals surface area (Å²) in [4.78, 5) is 31.4. The van der Waals surface area contributed by atoms with Crippen molar-refractivity contribution >= 4 is 35.0 Å². The maximum atomic E-state index is 13.5. The van der Waals surface area contributed by atoms with Crippen LogP contribution in [0.4, 0.5) is 0 Å². The maximum absolute atomic E-state index is 13.5. The molecular formula is C24H21ClN2O5S. The van der Waals surface area contributed by atoms with Gasteiger partial charge in [0.05, 0.1) is 35.6 Å². The minimum Gasteiger partial charge on any atom is -0.504 e. The van der Waals surface area contributed by atoms with E-state index >= 15 is 0 Å². The summed E-state index contributed by atoms with van der Waals surface area (Å²) in [6.45, 7) is 3.66. The lowest BCUT2D eigenvalue weighted by Gasteiger charge is -2.24. The number of rotatable bonds is 5. The van der Waals surface area contributed by atoms with Crippen LogP contribution < -0.4 is 19.6 Å². The number of esters is 1. The lowest BCUT2D eigenvalue weighted by Crippen LogP contribution is -2.39. The third-order valence-corrected chi connectivity index (χ3v) is 6.44. The predicted octanol–water partition coefficient (Wildman–Crippen LogP) is 3.17. The van der Waals surface area contributed by atoms with Crippen LogP contribution in [-0.2, 0) is 9.53 Å². The van der Waals surface area contributed by atoms with Crippen molar-refractivity contribution in [3.63, 3.8) is 0 Å². The standard InChI is InChI=1S/C24H21ClN2O5S/c1-4-32-23(30)20-13(2)26-24-27(21(20)15-6-8-16(25)9-7-15)22(29)19(33-24)12-14-5-10-18(31-3)17(28)11-14/h5-12,21,28H,4H2,1-3H3/b19-12-/t21-/m1/s1. The van der Waals surface area contributed by atoms with Crippen molar-refractivity contribution in [3.8, 4) is 11.5 Å². The second kappa shape index (κ2) is 9.25. The number of phenols is 1. The molecule has 1 aliphatic rings.